The van der Waals surface area contributed by atoms with Gasteiger partial charge in [-0.05, 0) is 121 Å². The number of hydrogen-bond acceptors (Lipinski definition) is 3. The molecule has 0 radical (unpaired) electrons. The minimum Gasteiger partial charge on any atom is -0.481 e. The zero-order chi connectivity index (χ0) is 38.0. The van der Waals surface area contributed by atoms with E-state index in [1.54, 1.807) is 0 Å². The highest BCUT2D eigenvalue weighted by molar-refractivity contribution is 5.95. The Morgan fingerprint density at radius 3 is 1.88 bits per heavy atom. The molecule has 0 heterocycles. The van der Waals surface area contributed by atoms with Crippen molar-refractivity contribution in [3.63, 3.8) is 0 Å². The van der Waals surface area contributed by atoms with Gasteiger partial charge in [0.05, 0.1) is 12.0 Å². The van der Waals surface area contributed by atoms with Gasteiger partial charge in [0, 0.05) is 5.92 Å². The van der Waals surface area contributed by atoms with Crippen molar-refractivity contribution in [2.24, 2.45) is 56.2 Å². The van der Waals surface area contributed by atoms with Crippen LogP contribution in [-0.4, -0.2) is 28.1 Å². The van der Waals surface area contributed by atoms with Crippen molar-refractivity contribution >= 4 is 11.8 Å². The van der Waals surface area contributed by atoms with E-state index < -0.39 is 5.97 Å². The molecule has 298 valence electrons. The predicted molar refractivity (Wildman–Crippen MR) is 216 cm³/mol. The number of aliphatic hydroxyl groups is 1. The van der Waals surface area contributed by atoms with Gasteiger partial charge in [0.1, 0.15) is 0 Å². The van der Waals surface area contributed by atoms with Crippen LogP contribution in [0.2, 0.25) is 0 Å². The lowest BCUT2D eigenvalue weighted by Crippen LogP contribution is -2.66. The average molecular weight is 723 g/mol. The molecule has 0 aromatic carbocycles. The second-order valence-electron chi connectivity index (χ2n) is 21.5. The highest BCUT2D eigenvalue weighted by Gasteiger charge is 2.70. The monoisotopic (exact) mass is 723 g/mol. The molecule has 5 aliphatic rings. The summed E-state index contributed by atoms with van der Waals surface area (Å²) >= 11 is 0. The van der Waals surface area contributed by atoms with E-state index in [9.17, 15) is 19.8 Å². The first-order chi connectivity index (χ1) is 24.5. The van der Waals surface area contributed by atoms with E-state index in [-0.39, 0.29) is 50.4 Å². The number of carbonyl (C=O) groups excluding carboxylic acids is 1. The first kappa shape index (κ1) is 42.0. The first-order valence-electron chi connectivity index (χ1n) is 22.6. The molecular formula is C48H82O4. The Kier molecular flexibility index (Phi) is 13.3. The van der Waals surface area contributed by atoms with Crippen molar-refractivity contribution in [3.05, 3.63) is 11.6 Å². The number of hydrogen-bond donors (Lipinski definition) is 2. The summed E-state index contributed by atoms with van der Waals surface area (Å²) in [6.45, 7) is 19.1. The summed E-state index contributed by atoms with van der Waals surface area (Å²) in [5.74, 6) is 0.171. The lowest BCUT2D eigenvalue weighted by Gasteiger charge is -2.70. The molecular weight excluding hydrogens is 641 g/mol. The quantitative estimate of drug-likeness (QED) is 0.138. The highest BCUT2D eigenvalue weighted by atomic mass is 16.4. The smallest absolute Gasteiger partial charge is 0.306 e. The van der Waals surface area contributed by atoms with Crippen LogP contribution in [0.25, 0.3) is 0 Å². The normalized spacial score (nSPS) is 40.2. The van der Waals surface area contributed by atoms with Crippen LogP contribution in [0.15, 0.2) is 11.6 Å². The molecule has 0 aliphatic heterocycles. The molecule has 0 amide bonds. The minimum atomic E-state index is -0.606. The third kappa shape index (κ3) is 8.05. The summed E-state index contributed by atoms with van der Waals surface area (Å²) in [6.07, 6.45) is 31.4. The second-order valence-corrected chi connectivity index (χ2v) is 21.5. The molecule has 4 nitrogen and oxygen atoms in total. The van der Waals surface area contributed by atoms with E-state index in [0.29, 0.717) is 17.6 Å². The number of allylic oxidation sites excluding steroid dienone is 2. The van der Waals surface area contributed by atoms with Gasteiger partial charge in [-0.15, -0.1) is 0 Å². The predicted octanol–water partition coefficient (Wildman–Crippen LogP) is 13.3. The zero-order valence-electron chi connectivity index (χ0n) is 35.4. The van der Waals surface area contributed by atoms with Gasteiger partial charge in [0.15, 0.2) is 5.78 Å². The van der Waals surface area contributed by atoms with Gasteiger partial charge in [-0.2, -0.15) is 0 Å². The van der Waals surface area contributed by atoms with E-state index in [1.165, 1.54) is 89.0 Å². The summed E-state index contributed by atoms with van der Waals surface area (Å²) in [4.78, 5) is 27.4. The Balaban J connectivity index is 1.19. The van der Waals surface area contributed by atoms with Crippen LogP contribution >= 0.6 is 0 Å². The number of carboxylic acids is 1. The third-order valence-corrected chi connectivity index (χ3v) is 17.6. The van der Waals surface area contributed by atoms with Gasteiger partial charge in [0.25, 0.3) is 0 Å². The van der Waals surface area contributed by atoms with Crippen LogP contribution in [0.5, 0.6) is 0 Å². The van der Waals surface area contributed by atoms with Crippen LogP contribution in [0, 0.1) is 56.2 Å². The standard InChI is InChI=1S/C48H82O4/c1-9-10-11-12-13-14-15-16-17-18-19-20-21-22-23-35(42(51)52)33-44(4)28-29-45(5)30-31-47(7)36(37(45)34-44)32-38(49)41-46(6)26-25-40(50)43(2,3)39(46)24-27-48(41,47)8/h32,35,37,39-41,50H,9-31,33-34H2,1-8H3,(H,51,52)/t35?,37-,39?,40+,41?,44-,45-,46+,47-,48-/m1/s1. The fourth-order valence-electron chi connectivity index (χ4n) is 13.9. The lowest BCUT2D eigenvalue weighted by molar-refractivity contribution is -0.202. The number of ketones is 1. The molecule has 0 aromatic rings. The summed E-state index contributed by atoms with van der Waals surface area (Å²) in [6, 6.07) is 0. The summed E-state index contributed by atoms with van der Waals surface area (Å²) in [5, 5.41) is 21.5. The van der Waals surface area contributed by atoms with Crippen LogP contribution in [0.4, 0.5) is 0 Å². The average Bonchev–Trinajstić information content (AvgIpc) is 3.08. The fraction of sp³-hybridized carbons (Fsp3) is 0.917. The second kappa shape index (κ2) is 16.5. The van der Waals surface area contributed by atoms with Gasteiger partial charge in [0.2, 0.25) is 0 Å². The first-order valence-corrected chi connectivity index (χ1v) is 22.6. The number of carboxylic acid groups (broad SMARTS) is 1. The maximum atomic E-state index is 14.7. The molecule has 0 aromatic heterocycles. The molecule has 0 spiro atoms. The van der Waals surface area contributed by atoms with Gasteiger partial charge < -0.3 is 10.2 Å². The molecule has 0 saturated heterocycles. The molecule has 0 bridgehead atoms. The van der Waals surface area contributed by atoms with Gasteiger partial charge in [-0.1, -0.05) is 151 Å². The molecule has 10 atom stereocenters. The van der Waals surface area contributed by atoms with Crippen molar-refractivity contribution < 1.29 is 19.8 Å². The Morgan fingerprint density at radius 2 is 1.31 bits per heavy atom. The Morgan fingerprint density at radius 1 is 0.750 bits per heavy atom. The maximum absolute atomic E-state index is 14.7. The van der Waals surface area contributed by atoms with Crippen LogP contribution in [-0.2, 0) is 9.59 Å². The summed E-state index contributed by atoms with van der Waals surface area (Å²) < 4.78 is 0. The third-order valence-electron chi connectivity index (χ3n) is 17.6. The van der Waals surface area contributed by atoms with Crippen molar-refractivity contribution in [1.29, 1.82) is 0 Å². The number of aliphatic hydroxyl groups excluding tert-OH is 1. The van der Waals surface area contributed by atoms with E-state index in [0.717, 1.165) is 77.0 Å². The lowest BCUT2D eigenvalue weighted by atomic mass is 9.33. The van der Waals surface area contributed by atoms with E-state index in [1.807, 2.05) is 0 Å². The van der Waals surface area contributed by atoms with Crippen molar-refractivity contribution in [1.82, 2.24) is 0 Å². The number of unbranched alkanes of at least 4 members (excludes halogenated alkanes) is 13. The molecule has 5 aliphatic carbocycles. The Bertz CT molecular complexity index is 1270. The Labute approximate surface area is 320 Å². The molecule has 4 saturated carbocycles. The van der Waals surface area contributed by atoms with Crippen molar-refractivity contribution in [2.75, 3.05) is 0 Å². The van der Waals surface area contributed by atoms with Crippen LogP contribution < -0.4 is 0 Å². The molecule has 52 heavy (non-hydrogen) atoms. The molecule has 4 heteroatoms. The number of carbonyl (C=O) groups is 2. The van der Waals surface area contributed by atoms with Crippen LogP contribution in [0.3, 0.4) is 0 Å². The summed E-state index contributed by atoms with van der Waals surface area (Å²) in [5.41, 5.74) is 1.19. The molecule has 3 unspecified atom stereocenters. The van der Waals surface area contributed by atoms with E-state index in [4.69, 9.17) is 0 Å². The molecule has 2 N–H and O–H groups in total. The number of rotatable bonds is 18. The van der Waals surface area contributed by atoms with Gasteiger partial charge in [-0.25, -0.2) is 0 Å². The Hall–Kier alpha value is -1.16. The fourth-order valence-corrected chi connectivity index (χ4v) is 13.9. The van der Waals surface area contributed by atoms with Crippen LogP contribution in [0.1, 0.15) is 216 Å². The molecule has 4 fully saturated rings. The highest BCUT2D eigenvalue weighted by Crippen LogP contribution is 2.75. The van der Waals surface area contributed by atoms with E-state index >= 15 is 0 Å². The maximum Gasteiger partial charge on any atom is 0.306 e. The minimum absolute atomic E-state index is 0.0000944. The summed E-state index contributed by atoms with van der Waals surface area (Å²) in [7, 11) is 0. The van der Waals surface area contributed by atoms with E-state index in [2.05, 4.69) is 61.5 Å². The van der Waals surface area contributed by atoms with Crippen molar-refractivity contribution in [3.8, 4) is 0 Å². The SMILES string of the molecule is CCCCCCCCCCCCCCCCC(C[C@@]1(C)CC[C@]2(C)CC[C@]3(C)C(=CC(=O)C4[C@@]5(C)CC[C@H](O)C(C)(C)C5CC[C@]43C)[C@H]2C1)C(=O)O. The topological polar surface area (TPSA) is 74.6 Å². The number of fused-ring (bicyclic) bond motifs is 7. The zero-order valence-corrected chi connectivity index (χ0v) is 35.4. The van der Waals surface area contributed by atoms with Crippen molar-refractivity contribution in [2.45, 2.75) is 222 Å². The number of aliphatic carboxylic acids is 1. The van der Waals surface area contributed by atoms with Gasteiger partial charge in [-0.3, -0.25) is 9.59 Å². The largest absolute Gasteiger partial charge is 0.481 e. The van der Waals surface area contributed by atoms with Gasteiger partial charge >= 0.3 is 5.97 Å². The molecule has 5 rings (SSSR count).